The topological polar surface area (TPSA) is 85.3 Å². The number of Topliss-reactive ketones (excluding diaryl/α,β-unsaturated/α-hetero) is 1. The lowest BCUT2D eigenvalue weighted by Crippen LogP contribution is -2.29. The minimum atomic E-state index is -0.865. The molecule has 0 bridgehead atoms. The van der Waals surface area contributed by atoms with Crippen molar-refractivity contribution in [3.63, 3.8) is 0 Å². The highest BCUT2D eigenvalue weighted by atomic mass is 16.7. The Morgan fingerprint density at radius 1 is 1.03 bits per heavy atom. The number of hydrogen-bond donors (Lipinski definition) is 1. The third kappa shape index (κ3) is 3.89. The highest BCUT2D eigenvalue weighted by molar-refractivity contribution is 6.51. The number of rotatable bonds is 5. The second kappa shape index (κ2) is 8.83. The van der Waals surface area contributed by atoms with Gasteiger partial charge < -0.3 is 19.3 Å². The molecule has 3 aromatic carbocycles. The quantitative estimate of drug-likeness (QED) is 0.318. The van der Waals surface area contributed by atoms with Crippen molar-refractivity contribution in [1.82, 2.24) is 0 Å². The first-order valence-electron chi connectivity index (χ1n) is 11.4. The highest BCUT2D eigenvalue weighted by Gasteiger charge is 2.47. The average Bonchev–Trinajstić information content (AvgIpc) is 3.42. The van der Waals surface area contributed by atoms with Crippen molar-refractivity contribution in [3.05, 3.63) is 88.5 Å². The van der Waals surface area contributed by atoms with Crippen molar-refractivity contribution >= 4 is 23.1 Å². The van der Waals surface area contributed by atoms with Gasteiger partial charge in [0.25, 0.3) is 11.7 Å². The van der Waals surface area contributed by atoms with E-state index in [9.17, 15) is 14.7 Å². The van der Waals surface area contributed by atoms with Crippen LogP contribution in [0.15, 0.2) is 66.2 Å². The standard InChI is InChI=1S/C28H25NO6/c1-4-33-20-7-5-6-18(13-20)25-24(26(30)21-12-16(2)8-9-17(21)3)27(31)28(32)29(25)19-10-11-22-23(14-19)35-15-34-22/h5-14,25,30H,4,15H2,1-3H3/b26-24+. The first-order valence-corrected chi connectivity index (χ1v) is 11.4. The van der Waals surface area contributed by atoms with Gasteiger partial charge >= 0.3 is 0 Å². The summed E-state index contributed by atoms with van der Waals surface area (Å²) in [4.78, 5) is 28.3. The zero-order chi connectivity index (χ0) is 24.7. The lowest BCUT2D eigenvalue weighted by molar-refractivity contribution is -0.132. The molecule has 0 aromatic heterocycles. The number of ketones is 1. The fraction of sp³-hybridized carbons (Fsp3) is 0.214. The summed E-state index contributed by atoms with van der Waals surface area (Å²) in [5.74, 6) is -0.0422. The fourth-order valence-electron chi connectivity index (χ4n) is 4.53. The second-order valence-corrected chi connectivity index (χ2v) is 8.53. The minimum absolute atomic E-state index is 0.0232. The molecule has 2 heterocycles. The van der Waals surface area contributed by atoms with Crippen LogP contribution in [-0.4, -0.2) is 30.2 Å². The van der Waals surface area contributed by atoms with Gasteiger partial charge in [-0.15, -0.1) is 0 Å². The minimum Gasteiger partial charge on any atom is -0.507 e. The van der Waals surface area contributed by atoms with Crippen molar-refractivity contribution in [1.29, 1.82) is 0 Å². The van der Waals surface area contributed by atoms with Gasteiger partial charge in [0.15, 0.2) is 11.5 Å². The number of anilines is 1. The number of hydrogen-bond acceptors (Lipinski definition) is 6. The SMILES string of the molecule is CCOc1cccc(C2/C(=C(\O)c3cc(C)ccc3C)C(=O)C(=O)N2c2ccc3c(c2)OCO3)c1. The van der Waals surface area contributed by atoms with Crippen LogP contribution in [0.1, 0.15) is 35.2 Å². The van der Waals surface area contributed by atoms with Crippen LogP contribution in [0.5, 0.6) is 17.2 Å². The largest absolute Gasteiger partial charge is 0.507 e. The molecule has 0 radical (unpaired) electrons. The Hall–Kier alpha value is -4.26. The Morgan fingerprint density at radius 3 is 2.63 bits per heavy atom. The van der Waals surface area contributed by atoms with Crippen molar-refractivity contribution in [2.24, 2.45) is 0 Å². The van der Waals surface area contributed by atoms with Crippen LogP contribution in [0.2, 0.25) is 0 Å². The van der Waals surface area contributed by atoms with Crippen LogP contribution in [0, 0.1) is 13.8 Å². The van der Waals surface area contributed by atoms with E-state index in [4.69, 9.17) is 14.2 Å². The predicted molar refractivity (Wildman–Crippen MR) is 131 cm³/mol. The molecule has 3 aromatic rings. The van der Waals surface area contributed by atoms with E-state index in [0.29, 0.717) is 40.7 Å². The summed E-state index contributed by atoms with van der Waals surface area (Å²) in [6, 6.07) is 17.1. The molecule has 5 rings (SSSR count). The smallest absolute Gasteiger partial charge is 0.300 e. The number of aliphatic hydroxyl groups is 1. The summed E-state index contributed by atoms with van der Waals surface area (Å²) in [6.45, 7) is 6.20. The number of aryl methyl sites for hydroxylation is 2. The maximum Gasteiger partial charge on any atom is 0.300 e. The molecule has 0 spiro atoms. The lowest BCUT2D eigenvalue weighted by atomic mass is 9.93. The first kappa shape index (κ1) is 22.5. The third-order valence-corrected chi connectivity index (χ3v) is 6.21. The van der Waals surface area contributed by atoms with Gasteiger partial charge in [0.2, 0.25) is 6.79 Å². The maximum atomic E-state index is 13.4. The van der Waals surface area contributed by atoms with Gasteiger partial charge in [0.05, 0.1) is 18.2 Å². The van der Waals surface area contributed by atoms with Gasteiger partial charge in [0.1, 0.15) is 11.5 Å². The zero-order valence-electron chi connectivity index (χ0n) is 19.7. The molecular formula is C28H25NO6. The molecule has 1 amide bonds. The number of carbonyl (C=O) groups excluding carboxylic acids is 2. The highest BCUT2D eigenvalue weighted by Crippen LogP contribution is 2.45. The molecule has 0 saturated carbocycles. The van der Waals surface area contributed by atoms with Gasteiger partial charge in [-0.1, -0.05) is 29.8 Å². The Labute approximate surface area is 203 Å². The van der Waals surface area contributed by atoms with E-state index < -0.39 is 17.7 Å². The van der Waals surface area contributed by atoms with Gasteiger partial charge in [0, 0.05) is 17.3 Å². The van der Waals surface area contributed by atoms with Crippen molar-refractivity contribution in [3.8, 4) is 17.2 Å². The zero-order valence-corrected chi connectivity index (χ0v) is 19.7. The lowest BCUT2D eigenvalue weighted by Gasteiger charge is -2.26. The second-order valence-electron chi connectivity index (χ2n) is 8.53. The summed E-state index contributed by atoms with van der Waals surface area (Å²) < 4.78 is 16.6. The van der Waals surface area contributed by atoms with Crippen LogP contribution in [0.25, 0.3) is 5.76 Å². The van der Waals surface area contributed by atoms with E-state index >= 15 is 0 Å². The monoisotopic (exact) mass is 471 g/mol. The van der Waals surface area contributed by atoms with Gasteiger partial charge in [-0.25, -0.2) is 0 Å². The third-order valence-electron chi connectivity index (χ3n) is 6.21. The Balaban J connectivity index is 1.73. The Kier molecular flexibility index (Phi) is 5.68. The maximum absolute atomic E-state index is 13.4. The van der Waals surface area contributed by atoms with Crippen LogP contribution < -0.4 is 19.1 Å². The van der Waals surface area contributed by atoms with Crippen LogP contribution in [0.3, 0.4) is 0 Å². The molecule has 0 aliphatic carbocycles. The summed E-state index contributed by atoms with van der Waals surface area (Å²) in [5.41, 5.74) is 3.36. The van der Waals surface area contributed by atoms with Crippen molar-refractivity contribution in [2.45, 2.75) is 26.8 Å². The van der Waals surface area contributed by atoms with Crippen molar-refractivity contribution in [2.75, 3.05) is 18.3 Å². The summed E-state index contributed by atoms with van der Waals surface area (Å²) >= 11 is 0. The Morgan fingerprint density at radius 2 is 1.83 bits per heavy atom. The molecule has 1 unspecified atom stereocenters. The van der Waals surface area contributed by atoms with Crippen LogP contribution >= 0.6 is 0 Å². The molecule has 2 aliphatic heterocycles. The number of benzene rings is 3. The van der Waals surface area contributed by atoms with Crippen LogP contribution in [-0.2, 0) is 9.59 Å². The molecule has 7 heteroatoms. The summed E-state index contributed by atoms with van der Waals surface area (Å²) in [5, 5.41) is 11.4. The average molecular weight is 472 g/mol. The molecule has 35 heavy (non-hydrogen) atoms. The molecular weight excluding hydrogens is 446 g/mol. The van der Waals surface area contributed by atoms with E-state index in [1.165, 1.54) is 4.90 Å². The molecule has 1 atom stereocenters. The van der Waals surface area contributed by atoms with E-state index in [-0.39, 0.29) is 18.1 Å². The molecule has 1 N–H and O–H groups in total. The Bertz CT molecular complexity index is 1380. The van der Waals surface area contributed by atoms with Gasteiger partial charge in [-0.05, 0) is 62.2 Å². The van der Waals surface area contributed by atoms with E-state index in [1.54, 1.807) is 30.3 Å². The normalized spacial score (nSPS) is 18.3. The van der Waals surface area contributed by atoms with Gasteiger partial charge in [-0.2, -0.15) is 0 Å². The van der Waals surface area contributed by atoms with E-state index in [1.807, 2.05) is 51.1 Å². The van der Waals surface area contributed by atoms with E-state index in [0.717, 1.165) is 11.1 Å². The number of amides is 1. The molecule has 178 valence electrons. The first-order chi connectivity index (χ1) is 16.9. The number of ether oxygens (including phenoxy) is 3. The number of nitrogens with zero attached hydrogens (tertiary/aromatic N) is 1. The van der Waals surface area contributed by atoms with Gasteiger partial charge in [-0.3, -0.25) is 14.5 Å². The number of carbonyl (C=O) groups is 2. The predicted octanol–water partition coefficient (Wildman–Crippen LogP) is 5.06. The molecule has 7 nitrogen and oxygen atoms in total. The fourth-order valence-corrected chi connectivity index (χ4v) is 4.53. The van der Waals surface area contributed by atoms with Crippen molar-refractivity contribution < 1.29 is 28.9 Å². The summed E-state index contributed by atoms with van der Waals surface area (Å²) in [7, 11) is 0. The summed E-state index contributed by atoms with van der Waals surface area (Å²) in [6.07, 6.45) is 0. The number of aliphatic hydroxyl groups excluding tert-OH is 1. The number of fused-ring (bicyclic) bond motifs is 1. The molecule has 1 fully saturated rings. The molecule has 1 saturated heterocycles. The molecule has 2 aliphatic rings. The van der Waals surface area contributed by atoms with E-state index in [2.05, 4.69) is 0 Å². The van der Waals surface area contributed by atoms with Crippen LogP contribution in [0.4, 0.5) is 5.69 Å².